The Morgan fingerprint density at radius 3 is 2.41 bits per heavy atom. The molecule has 0 spiro atoms. The Morgan fingerprint density at radius 1 is 0.862 bits per heavy atom. The molecule has 0 saturated carbocycles. The fourth-order valence-corrected chi connectivity index (χ4v) is 2.87. The van der Waals surface area contributed by atoms with E-state index in [-0.39, 0.29) is 0 Å². The number of nitrogens with one attached hydrogen (secondary N) is 2. The third-order valence-corrected chi connectivity index (χ3v) is 4.30. The monoisotopic (exact) mass is 388 g/mol. The maximum absolute atomic E-state index is 5.85. The molecule has 0 bridgehead atoms. The quantitative estimate of drug-likeness (QED) is 0.429. The van der Waals surface area contributed by atoms with Crippen LogP contribution in [0.3, 0.4) is 0 Å². The Labute approximate surface area is 172 Å². The summed E-state index contributed by atoms with van der Waals surface area (Å²) in [5.74, 6) is 0.781. The number of guanidine groups is 1. The van der Waals surface area contributed by atoms with E-state index >= 15 is 0 Å². The van der Waals surface area contributed by atoms with Crippen LogP contribution in [0.15, 0.2) is 84.0 Å². The first-order valence-electron chi connectivity index (χ1n) is 9.95. The Balaban J connectivity index is 1.52. The van der Waals surface area contributed by atoms with Crippen LogP contribution in [0.1, 0.15) is 29.3 Å². The van der Waals surface area contributed by atoms with Crippen LogP contribution >= 0.6 is 0 Å². The van der Waals surface area contributed by atoms with Gasteiger partial charge in [-0.05, 0) is 35.7 Å². The van der Waals surface area contributed by atoms with E-state index in [2.05, 4.69) is 58.9 Å². The fourth-order valence-electron chi connectivity index (χ4n) is 2.87. The second kappa shape index (κ2) is 11.6. The second-order valence-corrected chi connectivity index (χ2v) is 6.67. The smallest absolute Gasteiger partial charge is 0.191 e. The molecule has 1 aromatic heterocycles. The Bertz CT molecular complexity index is 882. The second-order valence-electron chi connectivity index (χ2n) is 6.67. The van der Waals surface area contributed by atoms with Gasteiger partial charge in [-0.2, -0.15) is 0 Å². The molecule has 0 aliphatic rings. The summed E-state index contributed by atoms with van der Waals surface area (Å²) in [5, 5.41) is 6.60. The van der Waals surface area contributed by atoms with E-state index in [0.717, 1.165) is 29.3 Å². The summed E-state index contributed by atoms with van der Waals surface area (Å²) in [6.07, 6.45) is 1.80. The van der Waals surface area contributed by atoms with Gasteiger partial charge in [0.25, 0.3) is 0 Å². The minimum Gasteiger partial charge on any atom is -0.372 e. The van der Waals surface area contributed by atoms with Gasteiger partial charge in [0.2, 0.25) is 0 Å². The summed E-state index contributed by atoms with van der Waals surface area (Å²) in [6, 6.07) is 24.5. The normalized spacial score (nSPS) is 11.3. The standard InChI is InChI=1S/C24H28N4O/c1-2-25-24(28-17-23-13-6-7-14-26-23)27-16-21-11-8-12-22(15-21)19-29-18-20-9-4-3-5-10-20/h3-15H,2,16-19H2,1H3,(H2,25,27,28). The molecule has 2 N–H and O–H groups in total. The Kier molecular flexibility index (Phi) is 8.23. The van der Waals surface area contributed by atoms with E-state index in [9.17, 15) is 0 Å². The highest BCUT2D eigenvalue weighted by molar-refractivity contribution is 5.79. The number of rotatable bonds is 9. The molecule has 1 heterocycles. The number of aliphatic imine (C=N–C) groups is 1. The van der Waals surface area contributed by atoms with Crippen LogP contribution in [0.4, 0.5) is 0 Å². The number of hydrogen-bond donors (Lipinski definition) is 2. The van der Waals surface area contributed by atoms with Crippen molar-refractivity contribution in [3.63, 3.8) is 0 Å². The fraction of sp³-hybridized carbons (Fsp3) is 0.250. The molecule has 29 heavy (non-hydrogen) atoms. The van der Waals surface area contributed by atoms with E-state index < -0.39 is 0 Å². The van der Waals surface area contributed by atoms with Gasteiger partial charge in [0.05, 0.1) is 32.0 Å². The van der Waals surface area contributed by atoms with Crippen molar-refractivity contribution in [3.8, 4) is 0 Å². The number of hydrogen-bond acceptors (Lipinski definition) is 3. The first kappa shape index (κ1) is 20.6. The molecule has 3 rings (SSSR count). The highest BCUT2D eigenvalue weighted by Crippen LogP contribution is 2.10. The number of benzene rings is 2. The van der Waals surface area contributed by atoms with Crippen molar-refractivity contribution in [2.45, 2.75) is 33.2 Å². The maximum Gasteiger partial charge on any atom is 0.191 e. The van der Waals surface area contributed by atoms with Crippen molar-refractivity contribution >= 4 is 5.96 Å². The van der Waals surface area contributed by atoms with Crippen LogP contribution < -0.4 is 10.6 Å². The molecule has 0 unspecified atom stereocenters. The summed E-state index contributed by atoms with van der Waals surface area (Å²) >= 11 is 0. The number of nitrogens with zero attached hydrogens (tertiary/aromatic N) is 2. The summed E-state index contributed by atoms with van der Waals surface area (Å²) in [5.41, 5.74) is 4.47. The van der Waals surface area contributed by atoms with Crippen LogP contribution in [-0.2, 0) is 31.0 Å². The van der Waals surface area contributed by atoms with Crippen LogP contribution in [0.2, 0.25) is 0 Å². The molecule has 0 amide bonds. The molecule has 0 atom stereocenters. The van der Waals surface area contributed by atoms with E-state index in [4.69, 9.17) is 9.73 Å². The van der Waals surface area contributed by atoms with Crippen LogP contribution in [0.5, 0.6) is 0 Å². The highest BCUT2D eigenvalue weighted by atomic mass is 16.5. The molecule has 0 aliphatic heterocycles. The van der Waals surface area contributed by atoms with Crippen molar-refractivity contribution in [1.29, 1.82) is 0 Å². The summed E-state index contributed by atoms with van der Waals surface area (Å²) in [4.78, 5) is 9.03. The van der Waals surface area contributed by atoms with Gasteiger partial charge < -0.3 is 15.4 Å². The molecule has 2 aromatic carbocycles. The van der Waals surface area contributed by atoms with Gasteiger partial charge in [0.1, 0.15) is 0 Å². The SMILES string of the molecule is CCNC(=NCc1cccc(COCc2ccccc2)c1)NCc1ccccn1. The van der Waals surface area contributed by atoms with Crippen molar-refractivity contribution in [2.24, 2.45) is 4.99 Å². The van der Waals surface area contributed by atoms with Gasteiger partial charge in [-0.3, -0.25) is 4.98 Å². The van der Waals surface area contributed by atoms with Crippen molar-refractivity contribution in [2.75, 3.05) is 6.54 Å². The number of aromatic nitrogens is 1. The third kappa shape index (κ3) is 7.39. The topological polar surface area (TPSA) is 58.5 Å². The highest BCUT2D eigenvalue weighted by Gasteiger charge is 2.01. The van der Waals surface area contributed by atoms with Gasteiger partial charge in [0.15, 0.2) is 5.96 Å². The predicted molar refractivity (Wildman–Crippen MR) is 117 cm³/mol. The molecular formula is C24H28N4O. The zero-order chi connectivity index (χ0) is 20.2. The predicted octanol–water partition coefficient (Wildman–Crippen LogP) is 4.05. The lowest BCUT2D eigenvalue weighted by molar-refractivity contribution is 0.107. The Hall–Kier alpha value is -3.18. The first-order valence-corrected chi connectivity index (χ1v) is 9.95. The van der Waals surface area contributed by atoms with Crippen molar-refractivity contribution in [3.05, 3.63) is 101 Å². The average Bonchev–Trinajstić information content (AvgIpc) is 2.77. The van der Waals surface area contributed by atoms with Crippen LogP contribution in [0, 0.1) is 0 Å². The number of pyridine rings is 1. The van der Waals surface area contributed by atoms with Gasteiger partial charge >= 0.3 is 0 Å². The molecule has 0 aliphatic carbocycles. The van der Waals surface area contributed by atoms with Crippen molar-refractivity contribution < 1.29 is 4.74 Å². The molecule has 0 saturated heterocycles. The summed E-state index contributed by atoms with van der Waals surface area (Å²) in [6.45, 7) is 5.31. The molecule has 5 heteroatoms. The van der Waals surface area contributed by atoms with Crippen molar-refractivity contribution in [1.82, 2.24) is 15.6 Å². The zero-order valence-corrected chi connectivity index (χ0v) is 16.8. The minimum atomic E-state index is 0.588. The minimum absolute atomic E-state index is 0.588. The van der Waals surface area contributed by atoms with Gasteiger partial charge in [-0.1, -0.05) is 60.7 Å². The van der Waals surface area contributed by atoms with E-state index in [1.807, 2.05) is 36.4 Å². The lowest BCUT2D eigenvalue weighted by atomic mass is 10.1. The molecule has 0 fully saturated rings. The molecule has 3 aromatic rings. The molecular weight excluding hydrogens is 360 g/mol. The molecule has 0 radical (unpaired) electrons. The molecule has 150 valence electrons. The lowest BCUT2D eigenvalue weighted by Gasteiger charge is -2.11. The average molecular weight is 389 g/mol. The maximum atomic E-state index is 5.85. The lowest BCUT2D eigenvalue weighted by Crippen LogP contribution is -2.37. The summed E-state index contributed by atoms with van der Waals surface area (Å²) in [7, 11) is 0. The largest absolute Gasteiger partial charge is 0.372 e. The van der Waals surface area contributed by atoms with Gasteiger partial charge in [-0.15, -0.1) is 0 Å². The van der Waals surface area contributed by atoms with E-state index in [0.29, 0.717) is 26.3 Å². The van der Waals surface area contributed by atoms with Gasteiger partial charge in [0, 0.05) is 12.7 Å². The first-order chi connectivity index (χ1) is 14.3. The number of ether oxygens (including phenoxy) is 1. The Morgan fingerprint density at radius 2 is 1.62 bits per heavy atom. The van der Waals surface area contributed by atoms with Crippen LogP contribution in [0.25, 0.3) is 0 Å². The molecule has 5 nitrogen and oxygen atoms in total. The zero-order valence-electron chi connectivity index (χ0n) is 16.8. The third-order valence-electron chi connectivity index (χ3n) is 4.30. The van der Waals surface area contributed by atoms with E-state index in [1.165, 1.54) is 5.56 Å². The van der Waals surface area contributed by atoms with E-state index in [1.54, 1.807) is 6.20 Å². The van der Waals surface area contributed by atoms with Crippen LogP contribution in [-0.4, -0.2) is 17.5 Å². The van der Waals surface area contributed by atoms with Gasteiger partial charge in [-0.25, -0.2) is 4.99 Å². The summed E-state index contributed by atoms with van der Waals surface area (Å²) < 4.78 is 5.85.